The van der Waals surface area contributed by atoms with Crippen molar-refractivity contribution < 1.29 is 13.6 Å². The van der Waals surface area contributed by atoms with E-state index in [0.717, 1.165) is 10.0 Å². The van der Waals surface area contributed by atoms with Crippen LogP contribution in [0.2, 0.25) is 0 Å². The highest BCUT2D eigenvalue weighted by Crippen LogP contribution is 2.25. The van der Waals surface area contributed by atoms with Gasteiger partial charge in [-0.2, -0.15) is 0 Å². The number of carbonyl (C=O) groups is 1. The van der Waals surface area contributed by atoms with Crippen molar-refractivity contribution in [2.75, 3.05) is 6.54 Å². The van der Waals surface area contributed by atoms with Gasteiger partial charge in [-0.05, 0) is 17.7 Å². The molecule has 1 saturated heterocycles. The number of amides is 1. The van der Waals surface area contributed by atoms with Crippen LogP contribution in [-0.2, 0) is 11.3 Å². The Bertz CT molecular complexity index is 453. The van der Waals surface area contributed by atoms with E-state index in [1.165, 1.54) is 0 Å². The van der Waals surface area contributed by atoms with Crippen molar-refractivity contribution in [3.05, 3.63) is 34.3 Å². The minimum absolute atomic E-state index is 0.335. The number of hydrogen-bond donors (Lipinski definition) is 2. The zero-order chi connectivity index (χ0) is 13.2. The maximum Gasteiger partial charge on any atom is 0.262 e. The molecule has 2 N–H and O–H groups in total. The Morgan fingerprint density at radius 2 is 2.33 bits per heavy atom. The summed E-state index contributed by atoms with van der Waals surface area (Å²) >= 11 is 3.33. The third-order valence-corrected chi connectivity index (χ3v) is 3.28. The Hall–Kier alpha value is -1.01. The topological polar surface area (TPSA) is 41.1 Å². The van der Waals surface area contributed by atoms with Crippen molar-refractivity contribution in [3.63, 3.8) is 0 Å². The van der Waals surface area contributed by atoms with Gasteiger partial charge in [0.2, 0.25) is 5.91 Å². The number of rotatable bonds is 3. The van der Waals surface area contributed by atoms with E-state index in [0.29, 0.717) is 6.54 Å². The monoisotopic (exact) mass is 318 g/mol. The standard InChI is InChI=1S/C12H13BrF2N2O/c13-9-3-1-2-8(4-9)6-16-11(18)10-5-12(14,15)7-17-10/h1-4,10,17H,5-7H2,(H,16,18). The first-order valence-electron chi connectivity index (χ1n) is 5.60. The first-order valence-corrected chi connectivity index (χ1v) is 6.39. The van der Waals surface area contributed by atoms with Crippen LogP contribution in [0.4, 0.5) is 8.78 Å². The van der Waals surface area contributed by atoms with E-state index in [9.17, 15) is 13.6 Å². The van der Waals surface area contributed by atoms with Gasteiger partial charge in [-0.25, -0.2) is 8.78 Å². The molecule has 1 aliphatic heterocycles. The molecule has 18 heavy (non-hydrogen) atoms. The maximum atomic E-state index is 12.9. The minimum Gasteiger partial charge on any atom is -0.351 e. The number of halogens is 3. The molecule has 1 fully saturated rings. The van der Waals surface area contributed by atoms with Crippen molar-refractivity contribution in [2.24, 2.45) is 0 Å². The van der Waals surface area contributed by atoms with Crippen LogP contribution in [0.5, 0.6) is 0 Å². The van der Waals surface area contributed by atoms with Gasteiger partial charge in [-0.1, -0.05) is 28.1 Å². The summed E-state index contributed by atoms with van der Waals surface area (Å²) in [6.45, 7) is -0.0933. The van der Waals surface area contributed by atoms with Crippen LogP contribution in [0.25, 0.3) is 0 Å². The molecule has 0 bridgehead atoms. The molecule has 0 saturated carbocycles. The van der Waals surface area contributed by atoms with E-state index in [2.05, 4.69) is 26.6 Å². The summed E-state index contributed by atoms with van der Waals surface area (Å²) in [4.78, 5) is 11.7. The second-order valence-corrected chi connectivity index (χ2v) is 5.26. The second-order valence-electron chi connectivity index (χ2n) is 4.34. The molecule has 0 aromatic heterocycles. The summed E-state index contributed by atoms with van der Waals surface area (Å²) in [5, 5.41) is 5.17. The zero-order valence-corrected chi connectivity index (χ0v) is 11.1. The quantitative estimate of drug-likeness (QED) is 0.895. The molecule has 1 atom stereocenters. The maximum absolute atomic E-state index is 12.9. The summed E-state index contributed by atoms with van der Waals surface area (Å²) in [5.41, 5.74) is 0.919. The molecule has 98 valence electrons. The lowest BCUT2D eigenvalue weighted by molar-refractivity contribution is -0.123. The molecule has 2 rings (SSSR count). The van der Waals surface area contributed by atoms with Crippen LogP contribution in [0.15, 0.2) is 28.7 Å². The Kier molecular flexibility index (Phi) is 3.97. The third kappa shape index (κ3) is 3.49. The van der Waals surface area contributed by atoms with Gasteiger partial charge in [-0.15, -0.1) is 0 Å². The largest absolute Gasteiger partial charge is 0.351 e. The van der Waals surface area contributed by atoms with E-state index >= 15 is 0 Å². The Morgan fingerprint density at radius 1 is 1.56 bits per heavy atom. The first kappa shape index (κ1) is 13.4. The Morgan fingerprint density at radius 3 is 2.94 bits per heavy atom. The van der Waals surface area contributed by atoms with Gasteiger partial charge in [0.15, 0.2) is 0 Å². The van der Waals surface area contributed by atoms with Crippen molar-refractivity contribution in [1.82, 2.24) is 10.6 Å². The summed E-state index contributed by atoms with van der Waals surface area (Å²) in [6, 6.07) is 6.67. The van der Waals surface area contributed by atoms with E-state index in [1.54, 1.807) is 0 Å². The van der Waals surface area contributed by atoms with Gasteiger partial charge in [0.25, 0.3) is 5.92 Å². The Balaban J connectivity index is 1.86. The third-order valence-electron chi connectivity index (χ3n) is 2.78. The molecule has 1 amide bonds. The highest BCUT2D eigenvalue weighted by molar-refractivity contribution is 9.10. The predicted octanol–water partition coefficient (Wildman–Crippen LogP) is 2.06. The van der Waals surface area contributed by atoms with Crippen LogP contribution in [0.3, 0.4) is 0 Å². The summed E-state index contributed by atoms with van der Waals surface area (Å²) < 4.78 is 26.8. The van der Waals surface area contributed by atoms with Crippen LogP contribution in [-0.4, -0.2) is 24.4 Å². The molecule has 1 unspecified atom stereocenters. The molecule has 1 aliphatic rings. The number of nitrogens with one attached hydrogen (secondary N) is 2. The fourth-order valence-electron chi connectivity index (χ4n) is 1.86. The average molecular weight is 319 g/mol. The molecular formula is C12H13BrF2N2O. The van der Waals surface area contributed by atoms with Crippen LogP contribution in [0.1, 0.15) is 12.0 Å². The molecule has 3 nitrogen and oxygen atoms in total. The lowest BCUT2D eigenvalue weighted by Gasteiger charge is -2.11. The number of benzene rings is 1. The summed E-state index contributed by atoms with van der Waals surface area (Å²) in [7, 11) is 0. The van der Waals surface area contributed by atoms with Crippen molar-refractivity contribution in [3.8, 4) is 0 Å². The van der Waals surface area contributed by atoms with Crippen molar-refractivity contribution >= 4 is 21.8 Å². The van der Waals surface area contributed by atoms with Gasteiger partial charge < -0.3 is 5.32 Å². The Labute approximate surface area is 112 Å². The average Bonchev–Trinajstić information content (AvgIpc) is 2.67. The summed E-state index contributed by atoms with van der Waals surface area (Å²) in [6.07, 6.45) is -0.433. The van der Waals surface area contributed by atoms with E-state index in [4.69, 9.17) is 0 Å². The molecule has 0 aliphatic carbocycles. The predicted molar refractivity (Wildman–Crippen MR) is 67.3 cm³/mol. The highest BCUT2D eigenvalue weighted by atomic mass is 79.9. The fourth-order valence-corrected chi connectivity index (χ4v) is 2.31. The van der Waals surface area contributed by atoms with Crippen molar-refractivity contribution in [1.29, 1.82) is 0 Å². The van der Waals surface area contributed by atoms with Crippen LogP contribution in [0, 0.1) is 0 Å². The van der Waals surface area contributed by atoms with Crippen molar-refractivity contribution in [2.45, 2.75) is 24.9 Å². The number of carbonyl (C=O) groups excluding carboxylic acids is 1. The van der Waals surface area contributed by atoms with E-state index in [1.807, 2.05) is 24.3 Å². The fraction of sp³-hybridized carbons (Fsp3) is 0.417. The smallest absolute Gasteiger partial charge is 0.262 e. The van der Waals surface area contributed by atoms with Gasteiger partial charge >= 0.3 is 0 Å². The van der Waals surface area contributed by atoms with Crippen LogP contribution < -0.4 is 10.6 Å². The number of hydrogen-bond acceptors (Lipinski definition) is 2. The lowest BCUT2D eigenvalue weighted by atomic mass is 10.1. The second kappa shape index (κ2) is 5.32. The molecule has 6 heteroatoms. The molecule has 0 spiro atoms. The molecule has 1 aromatic rings. The normalized spacial score (nSPS) is 21.8. The molecular weight excluding hydrogens is 306 g/mol. The van der Waals surface area contributed by atoms with Gasteiger partial charge in [0.05, 0.1) is 12.6 Å². The molecule has 0 radical (unpaired) electrons. The summed E-state index contributed by atoms with van der Waals surface area (Å²) in [5.74, 6) is -3.16. The van der Waals surface area contributed by atoms with E-state index < -0.39 is 24.9 Å². The highest BCUT2D eigenvalue weighted by Gasteiger charge is 2.42. The molecule has 1 heterocycles. The minimum atomic E-state index is -2.78. The molecule has 1 aromatic carbocycles. The number of alkyl halides is 2. The SMILES string of the molecule is O=C(NCc1cccc(Br)c1)C1CC(F)(F)CN1. The lowest BCUT2D eigenvalue weighted by Crippen LogP contribution is -2.40. The van der Waals surface area contributed by atoms with Crippen LogP contribution >= 0.6 is 15.9 Å². The van der Waals surface area contributed by atoms with Gasteiger partial charge in [-0.3, -0.25) is 10.1 Å². The van der Waals surface area contributed by atoms with Gasteiger partial charge in [0.1, 0.15) is 0 Å². The van der Waals surface area contributed by atoms with Gasteiger partial charge in [0, 0.05) is 17.4 Å². The first-order chi connectivity index (χ1) is 8.46. The van der Waals surface area contributed by atoms with E-state index in [-0.39, 0.29) is 5.91 Å². The zero-order valence-electron chi connectivity index (χ0n) is 9.55.